The van der Waals surface area contributed by atoms with Gasteiger partial charge in [0.05, 0.1) is 5.69 Å². The molecule has 0 atom stereocenters. The smallest absolute Gasteiger partial charge is 0.272 e. The van der Waals surface area contributed by atoms with E-state index in [0.717, 1.165) is 42.9 Å². The van der Waals surface area contributed by atoms with Gasteiger partial charge in [0, 0.05) is 18.0 Å². The highest BCUT2D eigenvalue weighted by molar-refractivity contribution is 7.99. The Hall–Kier alpha value is -2.28. The third-order valence-corrected chi connectivity index (χ3v) is 5.75. The Morgan fingerprint density at radius 1 is 1.08 bits per heavy atom. The molecule has 2 amide bonds. The molecule has 136 valence electrons. The number of aromatic nitrogens is 2. The number of hydrogen-bond acceptors (Lipinski definition) is 4. The zero-order valence-electron chi connectivity index (χ0n) is 14.5. The Morgan fingerprint density at radius 3 is 2.50 bits per heavy atom. The Kier molecular flexibility index (Phi) is 4.97. The van der Waals surface area contributed by atoms with Crippen LogP contribution in [0.5, 0.6) is 0 Å². The highest BCUT2D eigenvalue weighted by Crippen LogP contribution is 2.30. The van der Waals surface area contributed by atoms with E-state index in [1.165, 1.54) is 0 Å². The molecule has 4 rings (SSSR count). The first-order valence-corrected chi connectivity index (χ1v) is 10.2. The highest BCUT2D eigenvalue weighted by atomic mass is 32.2. The van der Waals surface area contributed by atoms with E-state index in [4.69, 9.17) is 0 Å². The maximum absolute atomic E-state index is 12.6. The Balaban J connectivity index is 1.57. The minimum atomic E-state index is -0.182. The highest BCUT2D eigenvalue weighted by Gasteiger charge is 2.31. The molecule has 2 aromatic rings. The SMILES string of the molecule is O=C(NC1CCSCC1)c1cc(NC(=O)C2CC2)n(-c2ccccc2)n1. The molecule has 0 bridgehead atoms. The van der Waals surface area contributed by atoms with Crippen LogP contribution >= 0.6 is 11.8 Å². The topological polar surface area (TPSA) is 76.0 Å². The number of benzene rings is 1. The normalized spacial score (nSPS) is 17.7. The standard InChI is InChI=1S/C19H22N4O2S/c24-18(13-6-7-13)21-17-12-16(19(25)20-14-8-10-26-11-9-14)22-23(17)15-4-2-1-3-5-15/h1-5,12-14H,6-11H2,(H,20,25)(H,21,24). The number of nitrogens with one attached hydrogen (secondary N) is 2. The number of thioether (sulfide) groups is 1. The second-order valence-electron chi connectivity index (χ2n) is 6.79. The maximum Gasteiger partial charge on any atom is 0.272 e. The number of hydrogen-bond donors (Lipinski definition) is 2. The van der Waals surface area contributed by atoms with E-state index in [1.807, 2.05) is 42.1 Å². The van der Waals surface area contributed by atoms with Crippen LogP contribution in [-0.2, 0) is 4.79 Å². The van der Waals surface area contributed by atoms with Crippen molar-refractivity contribution in [2.24, 2.45) is 5.92 Å². The summed E-state index contributed by atoms with van der Waals surface area (Å²) >= 11 is 1.92. The molecular formula is C19H22N4O2S. The van der Waals surface area contributed by atoms with Crippen LogP contribution < -0.4 is 10.6 Å². The lowest BCUT2D eigenvalue weighted by atomic mass is 10.1. The van der Waals surface area contributed by atoms with Gasteiger partial charge in [-0.25, -0.2) is 4.68 Å². The van der Waals surface area contributed by atoms with E-state index in [1.54, 1.807) is 10.7 Å². The van der Waals surface area contributed by atoms with E-state index >= 15 is 0 Å². The largest absolute Gasteiger partial charge is 0.348 e. The fourth-order valence-electron chi connectivity index (χ4n) is 3.02. The lowest BCUT2D eigenvalue weighted by Gasteiger charge is -2.21. The Morgan fingerprint density at radius 2 is 1.81 bits per heavy atom. The second kappa shape index (κ2) is 7.53. The van der Waals surface area contributed by atoms with E-state index in [9.17, 15) is 9.59 Å². The molecule has 6 nitrogen and oxygen atoms in total. The van der Waals surface area contributed by atoms with Crippen LogP contribution in [0, 0.1) is 5.92 Å². The van der Waals surface area contributed by atoms with Crippen molar-refractivity contribution < 1.29 is 9.59 Å². The van der Waals surface area contributed by atoms with Crippen LogP contribution in [0.3, 0.4) is 0 Å². The lowest BCUT2D eigenvalue weighted by molar-refractivity contribution is -0.117. The second-order valence-corrected chi connectivity index (χ2v) is 8.01. The van der Waals surface area contributed by atoms with Crippen LogP contribution in [0.15, 0.2) is 36.4 Å². The van der Waals surface area contributed by atoms with E-state index < -0.39 is 0 Å². The Bertz CT molecular complexity index is 795. The molecule has 2 fully saturated rings. The molecule has 1 aromatic heterocycles. The van der Waals surface area contributed by atoms with Crippen molar-refractivity contribution in [3.63, 3.8) is 0 Å². The van der Waals surface area contributed by atoms with Crippen molar-refractivity contribution in [1.29, 1.82) is 0 Å². The van der Waals surface area contributed by atoms with Gasteiger partial charge in [0.25, 0.3) is 5.91 Å². The fraction of sp³-hybridized carbons (Fsp3) is 0.421. The number of anilines is 1. The summed E-state index contributed by atoms with van der Waals surface area (Å²) in [6.45, 7) is 0. The van der Waals surface area contributed by atoms with Crippen LogP contribution in [0.25, 0.3) is 5.69 Å². The zero-order chi connectivity index (χ0) is 17.9. The van der Waals surface area contributed by atoms with Gasteiger partial charge in [-0.2, -0.15) is 16.9 Å². The number of nitrogens with zero attached hydrogens (tertiary/aromatic N) is 2. The van der Waals surface area contributed by atoms with Crippen LogP contribution in [0.1, 0.15) is 36.2 Å². The van der Waals surface area contributed by atoms with Gasteiger partial charge in [-0.1, -0.05) is 18.2 Å². The predicted octanol–water partition coefficient (Wildman–Crippen LogP) is 2.85. The first-order chi connectivity index (χ1) is 12.7. The molecule has 26 heavy (non-hydrogen) atoms. The molecule has 2 N–H and O–H groups in total. The third-order valence-electron chi connectivity index (χ3n) is 4.70. The van der Waals surface area contributed by atoms with Gasteiger partial charge < -0.3 is 10.6 Å². The molecule has 7 heteroatoms. The number of rotatable bonds is 5. The lowest BCUT2D eigenvalue weighted by Crippen LogP contribution is -2.37. The van der Waals surface area contributed by atoms with Gasteiger partial charge in [0.1, 0.15) is 5.82 Å². The van der Waals surface area contributed by atoms with Crippen molar-refractivity contribution in [1.82, 2.24) is 15.1 Å². The molecule has 1 aliphatic carbocycles. The van der Waals surface area contributed by atoms with Crippen molar-refractivity contribution in [2.75, 3.05) is 16.8 Å². The average Bonchev–Trinajstić information content (AvgIpc) is 3.44. The minimum Gasteiger partial charge on any atom is -0.348 e. The summed E-state index contributed by atoms with van der Waals surface area (Å²) in [4.78, 5) is 24.8. The predicted molar refractivity (Wildman–Crippen MR) is 103 cm³/mol. The summed E-state index contributed by atoms with van der Waals surface area (Å²) < 4.78 is 1.63. The van der Waals surface area contributed by atoms with Crippen LogP contribution in [-0.4, -0.2) is 39.1 Å². The number of carbonyl (C=O) groups is 2. The van der Waals surface area contributed by atoms with Crippen LogP contribution in [0.4, 0.5) is 5.82 Å². The van der Waals surface area contributed by atoms with Crippen LogP contribution in [0.2, 0.25) is 0 Å². The number of amides is 2. The monoisotopic (exact) mass is 370 g/mol. The van der Waals surface area contributed by atoms with Gasteiger partial charge in [-0.15, -0.1) is 0 Å². The summed E-state index contributed by atoms with van der Waals surface area (Å²) in [5.41, 5.74) is 1.14. The van der Waals surface area contributed by atoms with Gasteiger partial charge >= 0.3 is 0 Å². The molecule has 2 aliphatic rings. The van der Waals surface area contributed by atoms with Crippen molar-refractivity contribution in [3.05, 3.63) is 42.1 Å². The first-order valence-electron chi connectivity index (χ1n) is 9.05. The van der Waals surface area contributed by atoms with Gasteiger partial charge in [-0.3, -0.25) is 9.59 Å². The molecule has 2 heterocycles. The Labute approximate surface area is 156 Å². The van der Waals surface area contributed by atoms with E-state index in [2.05, 4.69) is 15.7 Å². The third kappa shape index (κ3) is 3.93. The summed E-state index contributed by atoms with van der Waals surface area (Å²) in [6.07, 6.45) is 3.83. The van der Waals surface area contributed by atoms with Gasteiger partial charge in [0.2, 0.25) is 5.91 Å². The molecule has 0 unspecified atom stereocenters. The van der Waals surface area contributed by atoms with E-state index in [-0.39, 0.29) is 23.8 Å². The summed E-state index contributed by atoms with van der Waals surface area (Å²) in [7, 11) is 0. The molecule has 1 saturated heterocycles. The number of para-hydroxylation sites is 1. The van der Waals surface area contributed by atoms with Gasteiger partial charge in [0.15, 0.2) is 5.69 Å². The van der Waals surface area contributed by atoms with Gasteiger partial charge in [-0.05, 0) is 49.3 Å². The van der Waals surface area contributed by atoms with Crippen molar-refractivity contribution in [3.8, 4) is 5.69 Å². The van der Waals surface area contributed by atoms with Crippen molar-refractivity contribution >= 4 is 29.4 Å². The van der Waals surface area contributed by atoms with E-state index in [0.29, 0.717) is 11.5 Å². The summed E-state index contributed by atoms with van der Waals surface area (Å²) in [5.74, 6) is 2.60. The summed E-state index contributed by atoms with van der Waals surface area (Å²) in [6, 6.07) is 11.4. The fourth-order valence-corrected chi connectivity index (χ4v) is 4.13. The minimum absolute atomic E-state index is 0.00153. The molecule has 1 aliphatic heterocycles. The molecule has 1 saturated carbocycles. The first kappa shape index (κ1) is 17.1. The quantitative estimate of drug-likeness (QED) is 0.849. The van der Waals surface area contributed by atoms with Crippen molar-refractivity contribution in [2.45, 2.75) is 31.7 Å². The molecular weight excluding hydrogens is 348 g/mol. The number of carbonyl (C=O) groups excluding carboxylic acids is 2. The zero-order valence-corrected chi connectivity index (χ0v) is 15.3. The average molecular weight is 370 g/mol. The molecule has 0 radical (unpaired) electrons. The molecule has 0 spiro atoms. The molecule has 1 aromatic carbocycles. The maximum atomic E-state index is 12.6. The summed E-state index contributed by atoms with van der Waals surface area (Å²) in [5, 5.41) is 10.5.